The molecule has 1 N–H and O–H groups in total. The number of ether oxygens (including phenoxy) is 1. The quantitative estimate of drug-likeness (QED) is 0.325. The lowest BCUT2D eigenvalue weighted by molar-refractivity contribution is -0.384. The summed E-state index contributed by atoms with van der Waals surface area (Å²) >= 11 is 0. The van der Waals surface area contributed by atoms with Gasteiger partial charge in [-0.1, -0.05) is 18.2 Å². The number of rotatable bonds is 10. The molecule has 0 radical (unpaired) electrons. The van der Waals surface area contributed by atoms with E-state index >= 15 is 0 Å². The molecule has 0 atom stereocenters. The SMILES string of the molecule is COc1ccc([N+](=O)[O-])cc1N(CC(=O)NCCCN1CCc2ccccc21)S(C)(=O)=O. The van der Waals surface area contributed by atoms with Gasteiger partial charge in [0, 0.05) is 37.5 Å². The highest BCUT2D eigenvalue weighted by atomic mass is 32.2. The molecule has 1 aliphatic rings. The molecule has 0 bridgehead atoms. The minimum absolute atomic E-state index is 0.0620. The maximum atomic E-state index is 12.5. The van der Waals surface area contributed by atoms with Gasteiger partial charge >= 0.3 is 0 Å². The Balaban J connectivity index is 1.62. The predicted octanol–water partition coefficient (Wildman–Crippen LogP) is 1.94. The molecule has 0 saturated heterocycles. The van der Waals surface area contributed by atoms with Crippen molar-refractivity contribution in [2.75, 3.05) is 48.7 Å². The van der Waals surface area contributed by atoms with E-state index in [1.807, 2.05) is 12.1 Å². The molecule has 3 rings (SSSR count). The van der Waals surface area contributed by atoms with Crippen molar-refractivity contribution in [2.45, 2.75) is 12.8 Å². The van der Waals surface area contributed by atoms with Crippen LogP contribution < -0.4 is 19.3 Å². The summed E-state index contributed by atoms with van der Waals surface area (Å²) in [5.74, 6) is -0.396. The molecule has 0 unspecified atom stereocenters. The fourth-order valence-electron chi connectivity index (χ4n) is 3.69. The topological polar surface area (TPSA) is 122 Å². The van der Waals surface area contributed by atoms with Gasteiger partial charge in [-0.3, -0.25) is 19.2 Å². The highest BCUT2D eigenvalue weighted by Crippen LogP contribution is 2.33. The largest absolute Gasteiger partial charge is 0.495 e. The fourth-order valence-corrected chi connectivity index (χ4v) is 4.54. The minimum atomic E-state index is -3.90. The van der Waals surface area contributed by atoms with Crippen molar-refractivity contribution in [3.63, 3.8) is 0 Å². The number of methoxy groups -OCH3 is 1. The summed E-state index contributed by atoms with van der Waals surface area (Å²) in [5.41, 5.74) is 2.15. The van der Waals surface area contributed by atoms with Crippen LogP contribution in [0.5, 0.6) is 5.75 Å². The first kappa shape index (κ1) is 23.3. The van der Waals surface area contributed by atoms with Crippen molar-refractivity contribution in [1.29, 1.82) is 0 Å². The zero-order chi connectivity index (χ0) is 23.3. The molecular formula is C21H26N4O6S. The second-order valence-corrected chi connectivity index (χ2v) is 9.36. The molecule has 2 aromatic carbocycles. The van der Waals surface area contributed by atoms with E-state index in [9.17, 15) is 23.3 Å². The van der Waals surface area contributed by atoms with Gasteiger partial charge in [-0.2, -0.15) is 0 Å². The second-order valence-electron chi connectivity index (χ2n) is 7.45. The smallest absolute Gasteiger partial charge is 0.271 e. The zero-order valence-corrected chi connectivity index (χ0v) is 18.8. The summed E-state index contributed by atoms with van der Waals surface area (Å²) in [4.78, 5) is 25.2. The van der Waals surface area contributed by atoms with E-state index in [4.69, 9.17) is 4.74 Å². The van der Waals surface area contributed by atoms with Crippen molar-refractivity contribution < 1.29 is 22.9 Å². The van der Waals surface area contributed by atoms with Crippen LogP contribution in [0.4, 0.5) is 17.1 Å². The molecular weight excluding hydrogens is 436 g/mol. The van der Waals surface area contributed by atoms with Crippen molar-refractivity contribution in [2.24, 2.45) is 0 Å². The van der Waals surface area contributed by atoms with Crippen LogP contribution in [-0.4, -0.2) is 58.8 Å². The predicted molar refractivity (Wildman–Crippen MR) is 122 cm³/mol. The van der Waals surface area contributed by atoms with Crippen LogP contribution in [0.25, 0.3) is 0 Å². The third-order valence-electron chi connectivity index (χ3n) is 5.24. The Morgan fingerprint density at radius 2 is 2.03 bits per heavy atom. The lowest BCUT2D eigenvalue weighted by Gasteiger charge is -2.24. The molecule has 1 aliphatic heterocycles. The van der Waals surface area contributed by atoms with Gasteiger partial charge in [0.2, 0.25) is 15.9 Å². The molecule has 0 aromatic heterocycles. The number of carbonyl (C=O) groups is 1. The molecule has 1 amide bonds. The van der Waals surface area contributed by atoms with Crippen LogP contribution in [0.2, 0.25) is 0 Å². The van der Waals surface area contributed by atoms with Crippen molar-refractivity contribution in [3.05, 3.63) is 58.1 Å². The highest BCUT2D eigenvalue weighted by molar-refractivity contribution is 7.92. The van der Waals surface area contributed by atoms with E-state index in [1.165, 1.54) is 30.5 Å². The van der Waals surface area contributed by atoms with Gasteiger partial charge in [0.25, 0.3) is 5.69 Å². The summed E-state index contributed by atoms with van der Waals surface area (Å²) in [6.45, 7) is 1.57. The minimum Gasteiger partial charge on any atom is -0.495 e. The number of hydrogen-bond acceptors (Lipinski definition) is 7. The Bertz CT molecular complexity index is 1110. The first-order chi connectivity index (χ1) is 15.2. The van der Waals surface area contributed by atoms with Gasteiger partial charge in [0.1, 0.15) is 18.0 Å². The number of nitro benzene ring substituents is 1. The second kappa shape index (κ2) is 9.86. The summed E-state index contributed by atoms with van der Waals surface area (Å²) in [5, 5.41) is 13.9. The number of nitrogens with zero attached hydrogens (tertiary/aromatic N) is 3. The molecule has 32 heavy (non-hydrogen) atoms. The third-order valence-corrected chi connectivity index (χ3v) is 6.37. The molecule has 0 spiro atoms. The number of fused-ring (bicyclic) bond motifs is 1. The van der Waals surface area contributed by atoms with Crippen LogP contribution in [0, 0.1) is 10.1 Å². The zero-order valence-electron chi connectivity index (χ0n) is 18.0. The van der Waals surface area contributed by atoms with E-state index in [0.717, 1.165) is 36.1 Å². The van der Waals surface area contributed by atoms with Crippen molar-refractivity contribution in [1.82, 2.24) is 5.32 Å². The monoisotopic (exact) mass is 462 g/mol. The number of carbonyl (C=O) groups excluding carboxylic acids is 1. The van der Waals surface area contributed by atoms with Crippen LogP contribution in [-0.2, 0) is 21.2 Å². The Labute approximate surface area is 187 Å². The van der Waals surface area contributed by atoms with Gasteiger partial charge in [-0.25, -0.2) is 8.42 Å². The maximum Gasteiger partial charge on any atom is 0.271 e. The number of anilines is 2. The number of nitrogens with one attached hydrogen (secondary N) is 1. The Kier molecular flexibility index (Phi) is 7.18. The number of amides is 1. The summed E-state index contributed by atoms with van der Waals surface area (Å²) in [6, 6.07) is 11.8. The maximum absolute atomic E-state index is 12.5. The van der Waals surface area contributed by atoms with Gasteiger partial charge < -0.3 is 15.0 Å². The number of nitro groups is 1. The van der Waals surface area contributed by atoms with Crippen molar-refractivity contribution in [3.8, 4) is 5.75 Å². The van der Waals surface area contributed by atoms with E-state index in [0.29, 0.717) is 13.0 Å². The molecule has 10 nitrogen and oxygen atoms in total. The molecule has 2 aromatic rings. The van der Waals surface area contributed by atoms with Gasteiger partial charge in [-0.05, 0) is 30.5 Å². The Morgan fingerprint density at radius 3 is 2.72 bits per heavy atom. The first-order valence-electron chi connectivity index (χ1n) is 10.1. The number of sulfonamides is 1. The van der Waals surface area contributed by atoms with Gasteiger partial charge in [0.05, 0.1) is 18.3 Å². The molecule has 0 saturated carbocycles. The van der Waals surface area contributed by atoms with Crippen LogP contribution in [0.15, 0.2) is 42.5 Å². The van der Waals surface area contributed by atoms with Crippen LogP contribution >= 0.6 is 0 Å². The van der Waals surface area contributed by atoms with E-state index in [-0.39, 0.29) is 17.1 Å². The van der Waals surface area contributed by atoms with Crippen LogP contribution in [0.1, 0.15) is 12.0 Å². The summed E-state index contributed by atoms with van der Waals surface area (Å²) < 4.78 is 30.7. The number of hydrogen-bond donors (Lipinski definition) is 1. The molecule has 1 heterocycles. The van der Waals surface area contributed by atoms with E-state index < -0.39 is 27.4 Å². The average molecular weight is 463 g/mol. The lowest BCUT2D eigenvalue weighted by atomic mass is 10.2. The van der Waals surface area contributed by atoms with Gasteiger partial charge in [0.15, 0.2) is 0 Å². The number of non-ortho nitro benzene ring substituents is 1. The third kappa shape index (κ3) is 5.47. The van der Waals surface area contributed by atoms with Crippen molar-refractivity contribution >= 4 is 33.0 Å². The van der Waals surface area contributed by atoms with E-state index in [2.05, 4.69) is 22.3 Å². The van der Waals surface area contributed by atoms with E-state index in [1.54, 1.807) is 0 Å². The average Bonchev–Trinajstić information content (AvgIpc) is 3.17. The number of para-hydroxylation sites is 1. The highest BCUT2D eigenvalue weighted by Gasteiger charge is 2.26. The summed E-state index contributed by atoms with van der Waals surface area (Å²) in [6.07, 6.45) is 2.62. The normalized spacial score (nSPS) is 12.9. The Morgan fingerprint density at radius 1 is 1.28 bits per heavy atom. The fraction of sp³-hybridized carbons (Fsp3) is 0.381. The lowest BCUT2D eigenvalue weighted by Crippen LogP contribution is -2.41. The molecule has 0 fully saturated rings. The number of benzene rings is 2. The Hall–Kier alpha value is -3.34. The molecule has 172 valence electrons. The summed E-state index contributed by atoms with van der Waals surface area (Å²) in [7, 11) is -2.58. The van der Waals surface area contributed by atoms with Gasteiger partial charge in [-0.15, -0.1) is 0 Å². The molecule has 11 heteroatoms. The molecule has 0 aliphatic carbocycles. The first-order valence-corrected chi connectivity index (χ1v) is 11.9. The van der Waals surface area contributed by atoms with Crippen LogP contribution in [0.3, 0.4) is 0 Å². The standard InChI is InChI=1S/C21H26N4O6S/c1-31-20-9-8-17(25(27)28)14-19(20)24(32(2,29)30)15-21(26)22-11-5-12-23-13-10-16-6-3-4-7-18(16)23/h3-4,6-9,14H,5,10-13,15H2,1-2H3,(H,22,26).